The van der Waals surface area contributed by atoms with Gasteiger partial charge in [-0.15, -0.1) is 0 Å². The van der Waals surface area contributed by atoms with Gasteiger partial charge >= 0.3 is 5.97 Å². The lowest BCUT2D eigenvalue weighted by molar-refractivity contribution is -0.142. The van der Waals surface area contributed by atoms with Crippen LogP contribution in [-0.4, -0.2) is 29.1 Å². The predicted molar refractivity (Wildman–Crippen MR) is 61.5 cm³/mol. The molecule has 1 aliphatic rings. The van der Waals surface area contributed by atoms with Crippen LogP contribution >= 0.6 is 0 Å². The van der Waals surface area contributed by atoms with Gasteiger partial charge in [-0.3, -0.25) is 4.79 Å². The summed E-state index contributed by atoms with van der Waals surface area (Å²) < 4.78 is 0. The van der Waals surface area contributed by atoms with Gasteiger partial charge in [-0.1, -0.05) is 6.92 Å². The molecule has 2 unspecified atom stereocenters. The molecule has 0 bridgehead atoms. The quantitative estimate of drug-likeness (QED) is 0.825. The molecule has 1 N–H and O–H groups in total. The topological polar surface area (TPSA) is 77.2 Å². The molecule has 1 aromatic rings. The minimum atomic E-state index is -0.756. The van der Waals surface area contributed by atoms with E-state index in [0.29, 0.717) is 18.7 Å². The van der Waals surface area contributed by atoms with E-state index in [2.05, 4.69) is 4.98 Å². The summed E-state index contributed by atoms with van der Waals surface area (Å²) in [7, 11) is 0. The van der Waals surface area contributed by atoms with Crippen molar-refractivity contribution in [2.75, 3.05) is 18.0 Å². The van der Waals surface area contributed by atoms with Crippen LogP contribution in [0.5, 0.6) is 0 Å². The molecule has 0 saturated carbocycles. The molecule has 2 atom stereocenters. The molecule has 88 valence electrons. The predicted octanol–water partition coefficient (Wildman–Crippen LogP) is 1.11. The van der Waals surface area contributed by atoms with Gasteiger partial charge in [0.05, 0.1) is 11.5 Å². The largest absolute Gasteiger partial charge is 0.481 e. The molecule has 1 fully saturated rings. The van der Waals surface area contributed by atoms with Gasteiger partial charge < -0.3 is 10.0 Å². The van der Waals surface area contributed by atoms with Crippen molar-refractivity contribution in [2.45, 2.75) is 6.92 Å². The van der Waals surface area contributed by atoms with E-state index in [0.717, 1.165) is 5.82 Å². The van der Waals surface area contributed by atoms with Crippen LogP contribution in [-0.2, 0) is 4.79 Å². The van der Waals surface area contributed by atoms with E-state index < -0.39 is 5.97 Å². The Labute approximate surface area is 99.3 Å². The number of carboxylic acid groups (broad SMARTS) is 1. The highest BCUT2D eigenvalue weighted by Crippen LogP contribution is 2.26. The monoisotopic (exact) mass is 231 g/mol. The van der Waals surface area contributed by atoms with Gasteiger partial charge in [0.15, 0.2) is 0 Å². The molecule has 1 aromatic heterocycles. The SMILES string of the molecule is CC1CN(c2ccc(C#N)cn2)CC1C(=O)O. The molecule has 0 spiro atoms. The Morgan fingerprint density at radius 2 is 2.35 bits per heavy atom. The Kier molecular flexibility index (Phi) is 2.96. The van der Waals surface area contributed by atoms with Crippen molar-refractivity contribution >= 4 is 11.8 Å². The zero-order valence-corrected chi connectivity index (χ0v) is 9.50. The Balaban J connectivity index is 2.14. The number of nitriles is 1. The van der Waals surface area contributed by atoms with Gasteiger partial charge in [0.1, 0.15) is 11.9 Å². The third-order valence-electron chi connectivity index (χ3n) is 3.13. The van der Waals surface area contributed by atoms with Crippen molar-refractivity contribution in [1.29, 1.82) is 5.26 Å². The number of hydrogen-bond donors (Lipinski definition) is 1. The van der Waals surface area contributed by atoms with E-state index >= 15 is 0 Å². The highest BCUT2D eigenvalue weighted by atomic mass is 16.4. The second-order valence-corrected chi connectivity index (χ2v) is 4.34. The van der Waals surface area contributed by atoms with Crippen LogP contribution in [0.3, 0.4) is 0 Å². The summed E-state index contributed by atoms with van der Waals surface area (Å²) in [6.07, 6.45) is 1.51. The lowest BCUT2D eigenvalue weighted by Crippen LogP contribution is -2.23. The van der Waals surface area contributed by atoms with E-state index in [9.17, 15) is 4.79 Å². The fourth-order valence-electron chi connectivity index (χ4n) is 2.11. The van der Waals surface area contributed by atoms with Crippen molar-refractivity contribution in [3.05, 3.63) is 23.9 Å². The molecule has 0 amide bonds. The van der Waals surface area contributed by atoms with E-state index in [4.69, 9.17) is 10.4 Å². The zero-order chi connectivity index (χ0) is 12.4. The molecule has 5 nitrogen and oxygen atoms in total. The maximum atomic E-state index is 11.0. The van der Waals surface area contributed by atoms with Gasteiger partial charge in [0.25, 0.3) is 0 Å². The molecule has 5 heteroatoms. The molecular weight excluding hydrogens is 218 g/mol. The summed E-state index contributed by atoms with van der Waals surface area (Å²) in [6.45, 7) is 3.10. The fraction of sp³-hybridized carbons (Fsp3) is 0.417. The normalized spacial score (nSPS) is 23.4. The summed E-state index contributed by atoms with van der Waals surface area (Å²) in [5, 5.41) is 17.7. The van der Waals surface area contributed by atoms with Crippen LogP contribution in [0.25, 0.3) is 0 Å². The third kappa shape index (κ3) is 2.21. The number of carboxylic acids is 1. The van der Waals surface area contributed by atoms with Crippen molar-refractivity contribution in [3.8, 4) is 6.07 Å². The Bertz CT molecular complexity index is 464. The highest BCUT2D eigenvalue weighted by Gasteiger charge is 2.35. The summed E-state index contributed by atoms with van der Waals surface area (Å²) in [5.41, 5.74) is 0.510. The van der Waals surface area contributed by atoms with Gasteiger partial charge in [0, 0.05) is 19.3 Å². The number of nitrogens with zero attached hydrogens (tertiary/aromatic N) is 3. The van der Waals surface area contributed by atoms with Crippen molar-refractivity contribution < 1.29 is 9.90 Å². The molecule has 17 heavy (non-hydrogen) atoms. The van der Waals surface area contributed by atoms with Gasteiger partial charge in [0.2, 0.25) is 0 Å². The maximum Gasteiger partial charge on any atom is 0.308 e. The molecule has 2 rings (SSSR count). The molecule has 2 heterocycles. The second-order valence-electron chi connectivity index (χ2n) is 4.34. The first-order valence-corrected chi connectivity index (χ1v) is 5.45. The zero-order valence-electron chi connectivity index (χ0n) is 9.50. The van der Waals surface area contributed by atoms with Crippen LogP contribution in [0.1, 0.15) is 12.5 Å². The first-order chi connectivity index (χ1) is 8.11. The lowest BCUT2D eigenvalue weighted by atomic mass is 9.99. The number of hydrogen-bond acceptors (Lipinski definition) is 4. The van der Waals surface area contributed by atoms with E-state index in [-0.39, 0.29) is 11.8 Å². The molecule has 0 aliphatic carbocycles. The van der Waals surface area contributed by atoms with Crippen LogP contribution in [0.15, 0.2) is 18.3 Å². The average Bonchev–Trinajstić information content (AvgIpc) is 2.71. The number of aliphatic carboxylic acids is 1. The van der Waals surface area contributed by atoms with Crippen LogP contribution in [0, 0.1) is 23.2 Å². The smallest absolute Gasteiger partial charge is 0.308 e. The lowest BCUT2D eigenvalue weighted by Gasteiger charge is -2.16. The van der Waals surface area contributed by atoms with Gasteiger partial charge in [-0.25, -0.2) is 4.98 Å². The molecular formula is C12H13N3O2. The minimum absolute atomic E-state index is 0.116. The number of aromatic nitrogens is 1. The summed E-state index contributed by atoms with van der Waals surface area (Å²) in [6, 6.07) is 5.46. The number of pyridine rings is 1. The Hall–Kier alpha value is -2.09. The fourth-order valence-corrected chi connectivity index (χ4v) is 2.11. The van der Waals surface area contributed by atoms with E-state index in [1.807, 2.05) is 17.9 Å². The molecule has 0 aromatic carbocycles. The van der Waals surface area contributed by atoms with Crippen molar-refractivity contribution in [1.82, 2.24) is 4.98 Å². The van der Waals surface area contributed by atoms with Crippen molar-refractivity contribution in [3.63, 3.8) is 0 Å². The first kappa shape index (κ1) is 11.4. The van der Waals surface area contributed by atoms with Gasteiger partial charge in [-0.05, 0) is 18.1 Å². The average molecular weight is 231 g/mol. The van der Waals surface area contributed by atoms with Crippen molar-refractivity contribution in [2.24, 2.45) is 11.8 Å². The standard InChI is InChI=1S/C12H13N3O2/c1-8-6-15(7-10(8)12(16)17)11-3-2-9(4-13)5-14-11/h2-3,5,8,10H,6-7H2,1H3,(H,16,17). The minimum Gasteiger partial charge on any atom is -0.481 e. The van der Waals surface area contributed by atoms with Crippen LogP contribution in [0.2, 0.25) is 0 Å². The maximum absolute atomic E-state index is 11.0. The Morgan fingerprint density at radius 1 is 1.59 bits per heavy atom. The first-order valence-electron chi connectivity index (χ1n) is 5.45. The second kappa shape index (κ2) is 4.42. The van der Waals surface area contributed by atoms with E-state index in [1.54, 1.807) is 12.1 Å². The molecule has 0 radical (unpaired) electrons. The molecule has 1 aliphatic heterocycles. The summed E-state index contributed by atoms with van der Waals surface area (Å²) >= 11 is 0. The number of anilines is 1. The number of carbonyl (C=O) groups is 1. The van der Waals surface area contributed by atoms with Crippen LogP contribution in [0.4, 0.5) is 5.82 Å². The summed E-state index contributed by atoms with van der Waals surface area (Å²) in [5.74, 6) is -0.245. The Morgan fingerprint density at radius 3 is 2.82 bits per heavy atom. The summed E-state index contributed by atoms with van der Waals surface area (Å²) in [4.78, 5) is 17.1. The molecule has 1 saturated heterocycles. The van der Waals surface area contributed by atoms with Crippen LogP contribution < -0.4 is 4.90 Å². The van der Waals surface area contributed by atoms with E-state index in [1.165, 1.54) is 6.20 Å². The highest BCUT2D eigenvalue weighted by molar-refractivity contribution is 5.72. The van der Waals surface area contributed by atoms with Gasteiger partial charge in [-0.2, -0.15) is 5.26 Å². The third-order valence-corrected chi connectivity index (χ3v) is 3.13. The number of rotatable bonds is 2.